The van der Waals surface area contributed by atoms with Crippen LogP contribution in [0, 0.1) is 0 Å². The summed E-state index contributed by atoms with van der Waals surface area (Å²) in [4.78, 5) is 11.9. The highest BCUT2D eigenvalue weighted by atomic mass is 35.5. The third-order valence-corrected chi connectivity index (χ3v) is 4.14. The van der Waals surface area contributed by atoms with E-state index >= 15 is 0 Å². The zero-order chi connectivity index (χ0) is 15.6. The van der Waals surface area contributed by atoms with Crippen LogP contribution in [0.5, 0.6) is 11.5 Å². The molecular formula is C14H10Cl2O4S. The number of hydrogen-bond acceptors (Lipinski definition) is 4. The van der Waals surface area contributed by atoms with Gasteiger partial charge in [-0.2, -0.15) is 0 Å². The molecule has 1 aromatic heterocycles. The van der Waals surface area contributed by atoms with Crippen LogP contribution in [0.25, 0.3) is 11.6 Å². The number of carboxylic acids is 1. The Morgan fingerprint density at radius 3 is 2.57 bits per heavy atom. The van der Waals surface area contributed by atoms with Gasteiger partial charge in [0.15, 0.2) is 11.5 Å². The second-order valence-electron chi connectivity index (χ2n) is 4.01. The smallest absolute Gasteiger partial charge is 0.337 e. The second kappa shape index (κ2) is 6.39. The van der Waals surface area contributed by atoms with Gasteiger partial charge in [-0.1, -0.05) is 23.2 Å². The van der Waals surface area contributed by atoms with Crippen molar-refractivity contribution in [2.75, 3.05) is 7.11 Å². The van der Waals surface area contributed by atoms with E-state index in [1.165, 1.54) is 25.3 Å². The van der Waals surface area contributed by atoms with Gasteiger partial charge in [0.2, 0.25) is 0 Å². The molecule has 0 fully saturated rings. The lowest BCUT2D eigenvalue weighted by Gasteiger charge is -2.08. The molecule has 0 radical (unpaired) electrons. The lowest BCUT2D eigenvalue weighted by molar-refractivity contribution is -0.130. The number of thiophene rings is 1. The van der Waals surface area contributed by atoms with Gasteiger partial charge in [-0.05, 0) is 24.3 Å². The summed E-state index contributed by atoms with van der Waals surface area (Å²) in [5.41, 5.74) is 0.257. The number of halogens is 2. The van der Waals surface area contributed by atoms with Crippen molar-refractivity contribution in [2.45, 2.75) is 0 Å². The number of carbonyl (C=O) groups is 1. The number of ether oxygens (including phenoxy) is 1. The first-order valence-corrected chi connectivity index (χ1v) is 7.27. The number of phenols is 1. The molecule has 110 valence electrons. The van der Waals surface area contributed by atoms with Crippen LogP contribution >= 0.6 is 34.5 Å². The van der Waals surface area contributed by atoms with Gasteiger partial charge >= 0.3 is 5.97 Å². The van der Waals surface area contributed by atoms with Crippen molar-refractivity contribution in [3.05, 3.63) is 44.1 Å². The minimum Gasteiger partial charge on any atom is -0.504 e. The third kappa shape index (κ3) is 3.50. The Balaban J connectivity index is 2.58. The van der Waals surface area contributed by atoms with E-state index < -0.39 is 5.97 Å². The van der Waals surface area contributed by atoms with Crippen LogP contribution in [-0.2, 0) is 4.79 Å². The monoisotopic (exact) mass is 344 g/mol. The van der Waals surface area contributed by atoms with E-state index in [1.807, 2.05) is 0 Å². The first-order chi connectivity index (χ1) is 9.92. The number of benzene rings is 1. The molecule has 4 nitrogen and oxygen atoms in total. The maximum atomic E-state index is 11.4. The third-order valence-electron chi connectivity index (χ3n) is 2.66. The lowest BCUT2D eigenvalue weighted by Crippen LogP contribution is -1.98. The first-order valence-electron chi connectivity index (χ1n) is 5.69. The van der Waals surface area contributed by atoms with E-state index in [1.54, 1.807) is 12.1 Å². The topological polar surface area (TPSA) is 66.8 Å². The van der Waals surface area contributed by atoms with Crippen molar-refractivity contribution in [1.29, 1.82) is 0 Å². The zero-order valence-electron chi connectivity index (χ0n) is 10.8. The molecule has 21 heavy (non-hydrogen) atoms. The molecule has 1 heterocycles. The van der Waals surface area contributed by atoms with Crippen molar-refractivity contribution in [1.82, 2.24) is 0 Å². The number of aromatic hydroxyl groups is 1. The second-order valence-corrected chi connectivity index (χ2v) is 6.16. The van der Waals surface area contributed by atoms with Gasteiger partial charge in [-0.25, -0.2) is 4.79 Å². The fraction of sp³-hybridized carbons (Fsp3) is 0.0714. The highest BCUT2D eigenvalue weighted by Crippen LogP contribution is 2.37. The molecule has 0 amide bonds. The van der Waals surface area contributed by atoms with Gasteiger partial charge in [0.25, 0.3) is 0 Å². The molecule has 2 aromatic rings. The summed E-state index contributed by atoms with van der Waals surface area (Å²) in [5, 5.41) is 19.7. The van der Waals surface area contributed by atoms with Crippen molar-refractivity contribution < 1.29 is 19.7 Å². The summed E-state index contributed by atoms with van der Waals surface area (Å²) in [5.74, 6) is -1.14. The largest absolute Gasteiger partial charge is 0.504 e. The number of phenolic OH excluding ortho intramolecular Hbond substituents is 1. The molecule has 2 N–H and O–H groups in total. The van der Waals surface area contributed by atoms with Crippen LogP contribution in [0.4, 0.5) is 0 Å². The Kier molecular flexibility index (Phi) is 4.77. The van der Waals surface area contributed by atoms with Crippen LogP contribution in [-0.4, -0.2) is 23.3 Å². The Labute approximate surface area is 134 Å². The van der Waals surface area contributed by atoms with E-state index in [2.05, 4.69) is 0 Å². The lowest BCUT2D eigenvalue weighted by atomic mass is 10.1. The molecule has 0 aliphatic rings. The molecule has 0 unspecified atom stereocenters. The molecule has 0 aliphatic heterocycles. The predicted octanol–water partition coefficient (Wildman–Crippen LogP) is 4.39. The number of methoxy groups -OCH3 is 1. The van der Waals surface area contributed by atoms with E-state index in [9.17, 15) is 15.0 Å². The van der Waals surface area contributed by atoms with Crippen LogP contribution in [0.2, 0.25) is 9.36 Å². The number of carboxylic acid groups (broad SMARTS) is 1. The molecule has 1 aromatic carbocycles. The maximum Gasteiger partial charge on any atom is 0.337 e. The van der Waals surface area contributed by atoms with E-state index in [-0.39, 0.29) is 22.6 Å². The number of hydrogen-bond donors (Lipinski definition) is 2. The van der Waals surface area contributed by atoms with Crippen LogP contribution in [0.3, 0.4) is 0 Å². The van der Waals surface area contributed by atoms with Crippen LogP contribution < -0.4 is 4.74 Å². The van der Waals surface area contributed by atoms with Crippen molar-refractivity contribution >= 4 is 52.2 Å². The van der Waals surface area contributed by atoms with Gasteiger partial charge < -0.3 is 14.9 Å². The summed E-state index contributed by atoms with van der Waals surface area (Å²) >= 11 is 12.9. The Morgan fingerprint density at radius 2 is 2.05 bits per heavy atom. The average Bonchev–Trinajstić information content (AvgIpc) is 2.85. The minimum absolute atomic E-state index is 0.00604. The van der Waals surface area contributed by atoms with Crippen molar-refractivity contribution in [3.8, 4) is 11.5 Å². The average molecular weight is 345 g/mol. The van der Waals surface area contributed by atoms with Gasteiger partial charge in [0.05, 0.1) is 17.0 Å². The molecule has 0 atom stereocenters. The predicted molar refractivity (Wildman–Crippen MR) is 84.5 cm³/mol. The highest BCUT2D eigenvalue weighted by Gasteiger charge is 2.16. The van der Waals surface area contributed by atoms with E-state index in [0.717, 1.165) is 11.3 Å². The summed E-state index contributed by atoms with van der Waals surface area (Å²) in [6.07, 6.45) is 1.33. The summed E-state index contributed by atoms with van der Waals surface area (Å²) in [6.45, 7) is 0. The molecular weight excluding hydrogens is 335 g/mol. The quantitative estimate of drug-likeness (QED) is 0.807. The van der Waals surface area contributed by atoms with Crippen LogP contribution in [0.15, 0.2) is 24.3 Å². The zero-order valence-corrected chi connectivity index (χ0v) is 13.1. The van der Waals surface area contributed by atoms with Crippen LogP contribution in [0.1, 0.15) is 10.4 Å². The van der Waals surface area contributed by atoms with Gasteiger partial charge in [-0.3, -0.25) is 0 Å². The summed E-state index contributed by atoms with van der Waals surface area (Å²) in [6, 6.07) is 6.11. The van der Waals surface area contributed by atoms with E-state index in [4.69, 9.17) is 27.9 Å². The molecule has 0 saturated carbocycles. The van der Waals surface area contributed by atoms with Gasteiger partial charge in [0.1, 0.15) is 0 Å². The molecule has 2 rings (SSSR count). The first kappa shape index (κ1) is 15.7. The number of aliphatic carboxylic acids is 1. The standard InChI is InChI=1S/C14H10Cl2O4S/c1-20-10-6-8(15)4-7(13(10)17)5-9(14(18)19)11-2-3-12(16)21-11/h2-6,17H,1H3,(H,18,19)/b9-5-. The Hall–Kier alpha value is -1.69. The maximum absolute atomic E-state index is 11.4. The van der Waals surface area contributed by atoms with Crippen molar-refractivity contribution in [3.63, 3.8) is 0 Å². The molecule has 7 heteroatoms. The molecule has 0 saturated heterocycles. The Bertz CT molecular complexity index is 722. The fourth-order valence-corrected chi connectivity index (χ4v) is 2.98. The fourth-order valence-electron chi connectivity index (χ4n) is 1.71. The molecule has 0 spiro atoms. The van der Waals surface area contributed by atoms with Gasteiger partial charge in [0, 0.05) is 21.5 Å². The normalized spacial score (nSPS) is 11.5. The van der Waals surface area contributed by atoms with Crippen molar-refractivity contribution in [2.24, 2.45) is 0 Å². The number of rotatable bonds is 4. The van der Waals surface area contributed by atoms with Gasteiger partial charge in [-0.15, -0.1) is 11.3 Å². The molecule has 0 aliphatic carbocycles. The SMILES string of the molecule is COc1cc(Cl)cc(/C=C(\C(=O)O)c2ccc(Cl)s2)c1O. The summed E-state index contributed by atoms with van der Waals surface area (Å²) in [7, 11) is 1.38. The molecule has 0 bridgehead atoms. The Morgan fingerprint density at radius 1 is 1.33 bits per heavy atom. The summed E-state index contributed by atoms with van der Waals surface area (Å²) < 4.78 is 5.47. The van der Waals surface area contributed by atoms with E-state index in [0.29, 0.717) is 14.2 Å². The minimum atomic E-state index is -1.13. The highest BCUT2D eigenvalue weighted by molar-refractivity contribution is 7.17.